The van der Waals surface area contributed by atoms with Gasteiger partial charge < -0.3 is 5.32 Å². The van der Waals surface area contributed by atoms with E-state index in [0.29, 0.717) is 0 Å². The summed E-state index contributed by atoms with van der Waals surface area (Å²) >= 11 is 0. The van der Waals surface area contributed by atoms with Crippen LogP contribution < -0.4 is 5.32 Å². The number of carbonyl (C=O) groups excluding carboxylic acids is 1. The third kappa shape index (κ3) is 4.05. The van der Waals surface area contributed by atoms with Crippen molar-refractivity contribution in [2.24, 2.45) is 5.41 Å². The van der Waals surface area contributed by atoms with Crippen molar-refractivity contribution >= 4 is 5.91 Å². The summed E-state index contributed by atoms with van der Waals surface area (Å²) in [6, 6.07) is 7.66. The van der Waals surface area contributed by atoms with Gasteiger partial charge in [0.1, 0.15) is 0 Å². The van der Waals surface area contributed by atoms with Gasteiger partial charge in [-0.1, -0.05) is 39.0 Å². The van der Waals surface area contributed by atoms with Crippen molar-refractivity contribution in [2.75, 3.05) is 6.54 Å². The van der Waals surface area contributed by atoms with Crippen LogP contribution in [0.3, 0.4) is 0 Å². The lowest BCUT2D eigenvalue weighted by Gasteiger charge is -2.18. The molecule has 1 aromatic rings. The smallest absolute Gasteiger partial charge is 0.251 e. The van der Waals surface area contributed by atoms with Crippen LogP contribution in [0.1, 0.15) is 43.1 Å². The van der Waals surface area contributed by atoms with E-state index in [9.17, 15) is 4.79 Å². The van der Waals surface area contributed by atoms with E-state index in [-0.39, 0.29) is 11.3 Å². The zero-order chi connectivity index (χ0) is 12.2. The molecule has 0 fully saturated rings. The quantitative estimate of drug-likeness (QED) is 0.831. The van der Waals surface area contributed by atoms with Crippen LogP contribution in [0, 0.1) is 12.3 Å². The predicted octanol–water partition coefficient (Wildman–Crippen LogP) is 3.16. The van der Waals surface area contributed by atoms with Crippen molar-refractivity contribution in [1.82, 2.24) is 5.32 Å². The van der Waals surface area contributed by atoms with Crippen LogP contribution in [0.5, 0.6) is 0 Å². The predicted molar refractivity (Wildman–Crippen MR) is 67.6 cm³/mol. The Labute approximate surface area is 98.1 Å². The highest BCUT2D eigenvalue weighted by Crippen LogP contribution is 2.17. The summed E-state index contributed by atoms with van der Waals surface area (Å²) in [7, 11) is 0. The molecule has 0 atom stereocenters. The lowest BCUT2D eigenvalue weighted by molar-refractivity contribution is 0.0949. The largest absolute Gasteiger partial charge is 0.352 e. The highest BCUT2D eigenvalue weighted by atomic mass is 16.1. The van der Waals surface area contributed by atoms with E-state index in [0.717, 1.165) is 24.1 Å². The Bertz CT molecular complexity index is 363. The van der Waals surface area contributed by atoms with Gasteiger partial charge >= 0.3 is 0 Å². The molecule has 1 aromatic carbocycles. The first kappa shape index (κ1) is 12.8. The molecule has 0 radical (unpaired) electrons. The molecule has 0 heterocycles. The van der Waals surface area contributed by atoms with Gasteiger partial charge in [-0.2, -0.15) is 0 Å². The molecule has 1 N–H and O–H groups in total. The minimum Gasteiger partial charge on any atom is -0.352 e. The van der Waals surface area contributed by atoms with Gasteiger partial charge in [-0.15, -0.1) is 0 Å². The molecule has 88 valence electrons. The normalized spacial score (nSPS) is 11.2. The van der Waals surface area contributed by atoms with Crippen LogP contribution in [0.4, 0.5) is 0 Å². The Kier molecular flexibility index (Phi) is 4.11. The number of aryl methyl sites for hydroxylation is 1. The fourth-order valence-electron chi connectivity index (χ4n) is 1.47. The molecule has 0 aliphatic rings. The van der Waals surface area contributed by atoms with Gasteiger partial charge in [0, 0.05) is 12.1 Å². The van der Waals surface area contributed by atoms with E-state index >= 15 is 0 Å². The molecule has 0 aliphatic heterocycles. The summed E-state index contributed by atoms with van der Waals surface area (Å²) in [5, 5.41) is 2.96. The number of rotatable bonds is 3. The fraction of sp³-hybridized carbons (Fsp3) is 0.500. The highest BCUT2D eigenvalue weighted by molar-refractivity contribution is 5.95. The van der Waals surface area contributed by atoms with Gasteiger partial charge in [-0.3, -0.25) is 4.79 Å². The third-order valence-corrected chi connectivity index (χ3v) is 2.55. The zero-order valence-corrected chi connectivity index (χ0v) is 10.6. The number of nitrogens with one attached hydrogen (secondary N) is 1. The Morgan fingerprint density at radius 3 is 2.44 bits per heavy atom. The second-order valence-electron chi connectivity index (χ2n) is 5.38. The summed E-state index contributed by atoms with van der Waals surface area (Å²) in [5.74, 6) is 0.0300. The second kappa shape index (κ2) is 5.15. The van der Waals surface area contributed by atoms with E-state index in [2.05, 4.69) is 26.1 Å². The maximum absolute atomic E-state index is 11.8. The number of hydrogen-bond acceptors (Lipinski definition) is 1. The number of carbonyl (C=O) groups is 1. The minimum atomic E-state index is 0.0300. The monoisotopic (exact) mass is 219 g/mol. The molecule has 2 heteroatoms. The highest BCUT2D eigenvalue weighted by Gasteiger charge is 2.12. The van der Waals surface area contributed by atoms with Crippen LogP contribution in [-0.2, 0) is 0 Å². The van der Waals surface area contributed by atoms with E-state index in [1.54, 1.807) is 0 Å². The Morgan fingerprint density at radius 1 is 1.25 bits per heavy atom. The summed E-state index contributed by atoms with van der Waals surface area (Å²) < 4.78 is 0. The average molecular weight is 219 g/mol. The lowest BCUT2D eigenvalue weighted by atomic mass is 9.92. The number of amides is 1. The van der Waals surface area contributed by atoms with Crippen LogP contribution in [0.2, 0.25) is 0 Å². The van der Waals surface area contributed by atoms with E-state index in [1.165, 1.54) is 0 Å². The second-order valence-corrected chi connectivity index (χ2v) is 5.38. The SMILES string of the molecule is Cc1ccccc1C(=O)NCCC(C)(C)C. The van der Waals surface area contributed by atoms with Crippen molar-refractivity contribution in [3.05, 3.63) is 35.4 Å². The van der Waals surface area contributed by atoms with Crippen LogP contribution >= 0.6 is 0 Å². The molecule has 0 aliphatic carbocycles. The van der Waals surface area contributed by atoms with Gasteiger partial charge in [0.05, 0.1) is 0 Å². The summed E-state index contributed by atoms with van der Waals surface area (Å²) in [6.07, 6.45) is 0.991. The maximum Gasteiger partial charge on any atom is 0.251 e. The maximum atomic E-state index is 11.8. The molecule has 0 aromatic heterocycles. The Hall–Kier alpha value is -1.31. The average Bonchev–Trinajstić information content (AvgIpc) is 2.16. The van der Waals surface area contributed by atoms with Gasteiger partial charge in [-0.05, 0) is 30.4 Å². The Morgan fingerprint density at radius 2 is 1.88 bits per heavy atom. The van der Waals surface area contributed by atoms with Gasteiger partial charge in [-0.25, -0.2) is 0 Å². The first-order valence-corrected chi connectivity index (χ1v) is 5.74. The molecule has 1 rings (SSSR count). The zero-order valence-electron chi connectivity index (χ0n) is 10.6. The van der Waals surface area contributed by atoms with Crippen molar-refractivity contribution in [2.45, 2.75) is 34.1 Å². The summed E-state index contributed by atoms with van der Waals surface area (Å²) in [4.78, 5) is 11.8. The van der Waals surface area contributed by atoms with Crippen molar-refractivity contribution < 1.29 is 4.79 Å². The van der Waals surface area contributed by atoms with Crippen molar-refractivity contribution in [1.29, 1.82) is 0 Å². The summed E-state index contributed by atoms with van der Waals surface area (Å²) in [5.41, 5.74) is 2.06. The number of hydrogen-bond donors (Lipinski definition) is 1. The molecular weight excluding hydrogens is 198 g/mol. The first-order valence-electron chi connectivity index (χ1n) is 5.74. The molecule has 0 saturated heterocycles. The molecule has 0 spiro atoms. The van der Waals surface area contributed by atoms with Crippen LogP contribution in [-0.4, -0.2) is 12.5 Å². The minimum absolute atomic E-state index is 0.0300. The molecule has 16 heavy (non-hydrogen) atoms. The lowest BCUT2D eigenvalue weighted by Crippen LogP contribution is -2.27. The van der Waals surface area contributed by atoms with Crippen molar-refractivity contribution in [3.63, 3.8) is 0 Å². The van der Waals surface area contributed by atoms with Gasteiger partial charge in [0.25, 0.3) is 5.91 Å². The first-order chi connectivity index (χ1) is 7.40. The van der Waals surface area contributed by atoms with Crippen LogP contribution in [0.25, 0.3) is 0 Å². The molecule has 0 saturated carbocycles. The summed E-state index contributed by atoms with van der Waals surface area (Å²) in [6.45, 7) is 9.21. The fourth-order valence-corrected chi connectivity index (χ4v) is 1.47. The molecule has 1 amide bonds. The Balaban J connectivity index is 2.51. The number of benzene rings is 1. The van der Waals surface area contributed by atoms with Gasteiger partial charge in [0.2, 0.25) is 0 Å². The molecule has 0 unspecified atom stereocenters. The third-order valence-electron chi connectivity index (χ3n) is 2.55. The molecular formula is C14H21NO. The van der Waals surface area contributed by atoms with Crippen molar-refractivity contribution in [3.8, 4) is 0 Å². The van der Waals surface area contributed by atoms with Crippen LogP contribution in [0.15, 0.2) is 24.3 Å². The van der Waals surface area contributed by atoms with E-state index in [4.69, 9.17) is 0 Å². The topological polar surface area (TPSA) is 29.1 Å². The van der Waals surface area contributed by atoms with E-state index in [1.807, 2.05) is 31.2 Å². The molecule has 2 nitrogen and oxygen atoms in total. The standard InChI is InChI=1S/C14H21NO/c1-11-7-5-6-8-12(11)13(16)15-10-9-14(2,3)4/h5-8H,9-10H2,1-4H3,(H,15,16). The van der Waals surface area contributed by atoms with E-state index < -0.39 is 0 Å². The van der Waals surface area contributed by atoms with Gasteiger partial charge in [0.15, 0.2) is 0 Å². The molecule has 0 bridgehead atoms.